The van der Waals surface area contributed by atoms with Gasteiger partial charge in [0.1, 0.15) is 19.0 Å². The molecule has 190 valence electrons. The number of hydrogen-bond acceptors (Lipinski definition) is 4. The number of carbonyl (C=O) groups excluding carboxylic acids is 1. The van der Waals surface area contributed by atoms with Crippen LogP contribution in [0, 0.1) is 0 Å². The van der Waals surface area contributed by atoms with Crippen molar-refractivity contribution in [1.29, 1.82) is 0 Å². The van der Waals surface area contributed by atoms with Crippen molar-refractivity contribution in [2.75, 3.05) is 26.4 Å². The van der Waals surface area contributed by atoms with Crippen molar-refractivity contribution in [2.45, 2.75) is 117 Å². The van der Waals surface area contributed by atoms with Crippen molar-refractivity contribution in [3.8, 4) is 5.75 Å². The largest absolute Gasteiger partial charge is 0.491 e. The highest BCUT2D eigenvalue weighted by molar-refractivity contribution is 5.69. The molecule has 0 aliphatic rings. The van der Waals surface area contributed by atoms with Crippen LogP contribution in [0.15, 0.2) is 24.3 Å². The average Bonchev–Trinajstić information content (AvgIpc) is 2.83. The Balaban J connectivity index is 2.01. The van der Waals surface area contributed by atoms with Gasteiger partial charge in [0.25, 0.3) is 0 Å². The predicted octanol–water partition coefficient (Wildman–Crippen LogP) is 8.06. The quantitative estimate of drug-likeness (QED) is 0.122. The molecule has 4 nitrogen and oxygen atoms in total. The van der Waals surface area contributed by atoms with Crippen molar-refractivity contribution in [3.63, 3.8) is 0 Å². The van der Waals surface area contributed by atoms with E-state index in [1.807, 2.05) is 12.1 Å². The number of aryl methyl sites for hydroxylation is 1. The monoisotopic (exact) mass is 462 g/mol. The molecule has 0 radical (unpaired) electrons. The number of unbranched alkanes of at least 4 members (excludes halogenated alkanes) is 12. The molecule has 0 aliphatic carbocycles. The summed E-state index contributed by atoms with van der Waals surface area (Å²) in [5.74, 6) is 0.857. The van der Waals surface area contributed by atoms with Crippen molar-refractivity contribution in [3.05, 3.63) is 29.8 Å². The highest BCUT2D eigenvalue weighted by Gasteiger charge is 2.04. The van der Waals surface area contributed by atoms with Gasteiger partial charge in [-0.2, -0.15) is 0 Å². The molecule has 1 aromatic rings. The van der Waals surface area contributed by atoms with Crippen LogP contribution < -0.4 is 4.74 Å². The summed E-state index contributed by atoms with van der Waals surface area (Å²) in [5, 5.41) is 0. The van der Waals surface area contributed by atoms with Gasteiger partial charge in [-0.25, -0.2) is 0 Å². The summed E-state index contributed by atoms with van der Waals surface area (Å²) in [6.45, 7) is 6.25. The lowest BCUT2D eigenvalue weighted by Gasteiger charge is -2.12. The third kappa shape index (κ3) is 17.6. The zero-order chi connectivity index (χ0) is 23.8. The lowest BCUT2D eigenvalue weighted by Crippen LogP contribution is -2.14. The summed E-state index contributed by atoms with van der Waals surface area (Å²) in [5.41, 5.74) is 1.28. The van der Waals surface area contributed by atoms with Crippen LogP contribution in [0.1, 0.15) is 116 Å². The Morgan fingerprint density at radius 1 is 0.667 bits per heavy atom. The van der Waals surface area contributed by atoms with Crippen LogP contribution in [0.4, 0.5) is 0 Å². The van der Waals surface area contributed by atoms with Gasteiger partial charge in [0.05, 0.1) is 13.2 Å². The van der Waals surface area contributed by atoms with Gasteiger partial charge in [0.15, 0.2) is 0 Å². The molecule has 0 unspecified atom stereocenters. The molecule has 33 heavy (non-hydrogen) atoms. The lowest BCUT2D eigenvalue weighted by molar-refractivity contribution is -0.145. The van der Waals surface area contributed by atoms with Gasteiger partial charge in [0, 0.05) is 6.42 Å². The Labute approximate surface area is 203 Å². The Bertz CT molecular complexity index is 572. The fraction of sp³-hybridized carbons (Fsp3) is 0.759. The maximum atomic E-state index is 11.8. The third-order valence-electron chi connectivity index (χ3n) is 5.98. The molecule has 0 spiro atoms. The summed E-state index contributed by atoms with van der Waals surface area (Å²) in [6.07, 6.45) is 19.3. The van der Waals surface area contributed by atoms with Gasteiger partial charge in [-0.15, -0.1) is 0 Å². The van der Waals surface area contributed by atoms with E-state index in [4.69, 9.17) is 14.2 Å². The molecule has 0 bridgehead atoms. The first kappa shape index (κ1) is 29.5. The second-order valence-corrected chi connectivity index (χ2v) is 9.03. The third-order valence-corrected chi connectivity index (χ3v) is 5.98. The van der Waals surface area contributed by atoms with E-state index in [2.05, 4.69) is 26.0 Å². The van der Waals surface area contributed by atoms with Crippen molar-refractivity contribution in [2.24, 2.45) is 0 Å². The maximum absolute atomic E-state index is 11.8. The molecule has 4 heteroatoms. The topological polar surface area (TPSA) is 44.8 Å². The summed E-state index contributed by atoms with van der Waals surface area (Å²) >= 11 is 0. The Morgan fingerprint density at radius 3 is 1.94 bits per heavy atom. The number of para-hydroxylation sites is 1. The molecular weight excluding hydrogens is 412 g/mol. The number of rotatable bonds is 23. The molecule has 0 saturated carbocycles. The Morgan fingerprint density at radius 2 is 1.24 bits per heavy atom. The van der Waals surface area contributed by atoms with Crippen LogP contribution in [0.25, 0.3) is 0 Å². The SMILES string of the molecule is CCCCCCCCCC(=O)OCCOCCOc1ccccc1CCCCCCCCC. The Kier molecular flexibility index (Phi) is 19.9. The van der Waals surface area contributed by atoms with E-state index in [1.54, 1.807) is 0 Å². The zero-order valence-electron chi connectivity index (χ0n) is 21.6. The summed E-state index contributed by atoms with van der Waals surface area (Å²) < 4.78 is 16.8. The number of ether oxygens (including phenoxy) is 3. The van der Waals surface area contributed by atoms with Gasteiger partial charge in [-0.05, 0) is 30.9 Å². The first-order valence-corrected chi connectivity index (χ1v) is 13.7. The van der Waals surface area contributed by atoms with Crippen LogP contribution in [-0.4, -0.2) is 32.4 Å². The van der Waals surface area contributed by atoms with Crippen molar-refractivity contribution in [1.82, 2.24) is 0 Å². The molecule has 0 N–H and O–H groups in total. The summed E-state index contributed by atoms with van der Waals surface area (Å²) in [6, 6.07) is 8.32. The number of benzene rings is 1. The minimum Gasteiger partial charge on any atom is -0.491 e. The van der Waals surface area contributed by atoms with E-state index < -0.39 is 0 Å². The van der Waals surface area contributed by atoms with E-state index in [9.17, 15) is 4.79 Å². The molecule has 0 aromatic heterocycles. The maximum Gasteiger partial charge on any atom is 0.305 e. The standard InChI is InChI=1S/C29H50O4/c1-3-5-7-9-11-13-15-19-27-20-17-18-21-28(27)32-25-23-31-24-26-33-29(30)22-16-14-12-10-8-6-4-2/h17-18,20-21H,3-16,19,22-26H2,1-2H3. The molecule has 1 rings (SSSR count). The van der Waals surface area contributed by atoms with Crippen LogP contribution in [0.3, 0.4) is 0 Å². The van der Waals surface area contributed by atoms with E-state index in [-0.39, 0.29) is 5.97 Å². The number of carbonyl (C=O) groups is 1. The van der Waals surface area contributed by atoms with E-state index in [0.717, 1.165) is 25.0 Å². The highest BCUT2D eigenvalue weighted by Crippen LogP contribution is 2.21. The summed E-state index contributed by atoms with van der Waals surface area (Å²) in [7, 11) is 0. The first-order chi connectivity index (χ1) is 16.3. The van der Waals surface area contributed by atoms with Crippen LogP contribution in [0.2, 0.25) is 0 Å². The van der Waals surface area contributed by atoms with Gasteiger partial charge >= 0.3 is 5.97 Å². The molecule has 1 aromatic carbocycles. The van der Waals surface area contributed by atoms with E-state index in [1.165, 1.54) is 82.6 Å². The normalized spacial score (nSPS) is 11.0. The first-order valence-electron chi connectivity index (χ1n) is 13.7. The van der Waals surface area contributed by atoms with Gasteiger partial charge in [0.2, 0.25) is 0 Å². The van der Waals surface area contributed by atoms with E-state index in [0.29, 0.717) is 32.8 Å². The van der Waals surface area contributed by atoms with Gasteiger partial charge in [-0.3, -0.25) is 4.79 Å². The molecule has 0 atom stereocenters. The summed E-state index contributed by atoms with van der Waals surface area (Å²) in [4.78, 5) is 11.8. The number of hydrogen-bond donors (Lipinski definition) is 0. The van der Waals surface area contributed by atoms with Gasteiger partial charge < -0.3 is 14.2 Å². The fourth-order valence-corrected chi connectivity index (χ4v) is 3.95. The second-order valence-electron chi connectivity index (χ2n) is 9.03. The average molecular weight is 463 g/mol. The minimum absolute atomic E-state index is 0.109. The molecular formula is C29H50O4. The molecule has 0 saturated heterocycles. The van der Waals surface area contributed by atoms with Crippen LogP contribution in [-0.2, 0) is 20.7 Å². The number of esters is 1. The minimum atomic E-state index is -0.109. The predicted molar refractivity (Wildman–Crippen MR) is 138 cm³/mol. The smallest absolute Gasteiger partial charge is 0.305 e. The fourth-order valence-electron chi connectivity index (χ4n) is 3.95. The van der Waals surface area contributed by atoms with Crippen LogP contribution in [0.5, 0.6) is 5.75 Å². The van der Waals surface area contributed by atoms with Crippen molar-refractivity contribution < 1.29 is 19.0 Å². The zero-order valence-corrected chi connectivity index (χ0v) is 21.6. The molecule has 0 aliphatic heterocycles. The lowest BCUT2D eigenvalue weighted by atomic mass is 10.0. The highest BCUT2D eigenvalue weighted by atomic mass is 16.6. The molecule has 0 amide bonds. The molecule has 0 heterocycles. The Hall–Kier alpha value is -1.55. The van der Waals surface area contributed by atoms with Crippen LogP contribution >= 0.6 is 0 Å². The van der Waals surface area contributed by atoms with E-state index >= 15 is 0 Å². The second kappa shape index (κ2) is 22.3. The molecule has 0 fully saturated rings. The van der Waals surface area contributed by atoms with Crippen molar-refractivity contribution >= 4 is 5.97 Å². The van der Waals surface area contributed by atoms with Gasteiger partial charge in [-0.1, -0.05) is 109 Å².